The molecule has 9 N–H and O–H groups in total. The Morgan fingerprint density at radius 1 is 1.16 bits per heavy atom. The van der Waals surface area contributed by atoms with Crippen molar-refractivity contribution in [3.63, 3.8) is 0 Å². The van der Waals surface area contributed by atoms with E-state index < -0.39 is 35.5 Å². The summed E-state index contributed by atoms with van der Waals surface area (Å²) in [7, 11) is 0. The average molecular weight is 522 g/mol. The van der Waals surface area contributed by atoms with E-state index in [1.807, 2.05) is 31.2 Å². The highest BCUT2D eigenvalue weighted by molar-refractivity contribution is 6.08. The second-order valence-corrected chi connectivity index (χ2v) is 10.2. The first-order valence-electron chi connectivity index (χ1n) is 12.4. The van der Waals surface area contributed by atoms with E-state index >= 15 is 0 Å². The van der Waals surface area contributed by atoms with Gasteiger partial charge in [-0.3, -0.25) is 34.9 Å². The first-order chi connectivity index (χ1) is 18.0. The lowest BCUT2D eigenvalue weighted by atomic mass is 9.84. The van der Waals surface area contributed by atoms with Gasteiger partial charge >= 0.3 is 5.96 Å². The number of benzene rings is 2. The maximum absolute atomic E-state index is 13.5. The van der Waals surface area contributed by atoms with Gasteiger partial charge in [-0.15, -0.1) is 0 Å². The van der Waals surface area contributed by atoms with Crippen molar-refractivity contribution in [2.24, 2.45) is 16.5 Å². The van der Waals surface area contributed by atoms with Gasteiger partial charge in [0.2, 0.25) is 17.6 Å². The number of hydrogen-bond donors (Lipinski definition) is 7. The smallest absolute Gasteiger partial charge is 0.343 e. The van der Waals surface area contributed by atoms with Crippen molar-refractivity contribution in [1.29, 1.82) is 0 Å². The first kappa shape index (κ1) is 24.1. The summed E-state index contributed by atoms with van der Waals surface area (Å²) >= 11 is 0. The van der Waals surface area contributed by atoms with Crippen LogP contribution in [-0.4, -0.2) is 92.3 Å². The second-order valence-electron chi connectivity index (χ2n) is 10.2. The number of nitrogens with zero attached hydrogens (tertiary/aromatic N) is 3. The van der Waals surface area contributed by atoms with Crippen molar-refractivity contribution in [3.8, 4) is 0 Å². The van der Waals surface area contributed by atoms with Gasteiger partial charge in [-0.2, -0.15) is 0 Å². The van der Waals surface area contributed by atoms with E-state index in [1.54, 1.807) is 12.1 Å². The van der Waals surface area contributed by atoms with Crippen LogP contribution in [0.4, 0.5) is 0 Å². The van der Waals surface area contributed by atoms with Crippen LogP contribution in [0.25, 0.3) is 10.8 Å². The SMILES string of the molecule is Cc1cccc2c(C(=O)NC3CN4C(N)=N[C@@H](CN5C(=O)CCC5=O)[C@@H]5[NH+]=C(N)NC54C3(O)O)cccc12. The number of carbonyl (C=O) groups excluding carboxylic acids is 3. The molecule has 13 heteroatoms. The molecule has 0 saturated carbocycles. The Balaban J connectivity index is 1.34. The molecule has 38 heavy (non-hydrogen) atoms. The summed E-state index contributed by atoms with van der Waals surface area (Å²) in [4.78, 5) is 48.0. The van der Waals surface area contributed by atoms with E-state index in [4.69, 9.17) is 11.5 Å². The fourth-order valence-electron chi connectivity index (χ4n) is 6.24. The van der Waals surface area contributed by atoms with Crippen LogP contribution in [0, 0.1) is 6.92 Å². The van der Waals surface area contributed by atoms with E-state index in [-0.39, 0.29) is 49.7 Å². The normalized spacial score (nSPS) is 29.6. The van der Waals surface area contributed by atoms with Gasteiger partial charge in [0.05, 0.1) is 13.1 Å². The fourth-order valence-corrected chi connectivity index (χ4v) is 6.24. The van der Waals surface area contributed by atoms with Crippen molar-refractivity contribution in [2.45, 2.75) is 49.3 Å². The molecule has 198 valence electrons. The molecule has 0 bridgehead atoms. The van der Waals surface area contributed by atoms with Gasteiger partial charge in [0.15, 0.2) is 12.0 Å². The molecular weight excluding hydrogens is 492 g/mol. The van der Waals surface area contributed by atoms with Crippen molar-refractivity contribution < 1.29 is 29.6 Å². The number of amides is 3. The van der Waals surface area contributed by atoms with Crippen LogP contribution in [0.5, 0.6) is 0 Å². The lowest BCUT2D eigenvalue weighted by Gasteiger charge is -2.46. The Morgan fingerprint density at radius 2 is 1.84 bits per heavy atom. The van der Waals surface area contributed by atoms with Crippen molar-refractivity contribution in [1.82, 2.24) is 20.4 Å². The quantitative estimate of drug-likeness (QED) is 0.155. The maximum atomic E-state index is 13.5. The van der Waals surface area contributed by atoms with Crippen LogP contribution >= 0.6 is 0 Å². The van der Waals surface area contributed by atoms with Gasteiger partial charge in [0.1, 0.15) is 12.1 Å². The summed E-state index contributed by atoms with van der Waals surface area (Å²) in [6, 6.07) is 8.08. The number of fused-ring (bicyclic) bond motifs is 1. The number of aryl methyl sites for hydroxylation is 1. The monoisotopic (exact) mass is 521 g/mol. The number of aliphatic hydroxyl groups is 2. The Kier molecular flexibility index (Phi) is 5.16. The molecule has 6 rings (SSSR count). The zero-order valence-electron chi connectivity index (χ0n) is 20.6. The Bertz CT molecular complexity index is 1440. The Hall–Kier alpha value is -4.23. The molecule has 0 aromatic heterocycles. The number of nitrogens with two attached hydrogens (primary N) is 2. The lowest BCUT2D eigenvalue weighted by Crippen LogP contribution is -2.90. The summed E-state index contributed by atoms with van der Waals surface area (Å²) < 4.78 is 0. The molecule has 2 aromatic carbocycles. The average Bonchev–Trinajstić information content (AvgIpc) is 3.47. The van der Waals surface area contributed by atoms with Crippen molar-refractivity contribution in [3.05, 3.63) is 47.5 Å². The molecule has 1 spiro atoms. The predicted molar refractivity (Wildman–Crippen MR) is 135 cm³/mol. The molecule has 0 aliphatic carbocycles. The third-order valence-corrected chi connectivity index (χ3v) is 8.10. The molecule has 4 atom stereocenters. The Morgan fingerprint density at radius 3 is 2.58 bits per heavy atom. The van der Waals surface area contributed by atoms with Crippen LogP contribution in [-0.2, 0) is 9.59 Å². The molecular formula is C25H29N8O5+. The zero-order valence-corrected chi connectivity index (χ0v) is 20.6. The number of guanidine groups is 2. The van der Waals surface area contributed by atoms with Gasteiger partial charge < -0.3 is 21.3 Å². The molecule has 3 amide bonds. The highest BCUT2D eigenvalue weighted by Gasteiger charge is 2.76. The second kappa shape index (κ2) is 8.13. The number of hydrogen-bond acceptors (Lipinski definition) is 10. The molecule has 13 nitrogen and oxygen atoms in total. The van der Waals surface area contributed by atoms with Gasteiger partial charge in [-0.05, 0) is 29.3 Å². The van der Waals surface area contributed by atoms with Crippen LogP contribution in [0.15, 0.2) is 41.4 Å². The van der Waals surface area contributed by atoms with Crippen LogP contribution in [0.2, 0.25) is 0 Å². The standard InChI is InChI=1S/C25H28N8O5/c1-12-4-2-6-14-13(12)5-3-7-15(14)21(36)29-17-11-33-23(27)28-16(10-32-18(34)8-9-19(32)35)20-24(33,25(17,37)38)31-22(26)30-20/h2-7,16-17,20,37-38H,8-11H2,1H3,(H2,27,28)(H,29,36)(H3,26,30,31)/p+1/t16-,17?,20-,24?/m0/s1. The maximum Gasteiger partial charge on any atom is 0.343 e. The Labute approximate surface area is 217 Å². The van der Waals surface area contributed by atoms with Crippen molar-refractivity contribution in [2.75, 3.05) is 13.1 Å². The fraction of sp³-hybridized carbons (Fsp3) is 0.400. The van der Waals surface area contributed by atoms with Crippen molar-refractivity contribution >= 4 is 40.4 Å². The van der Waals surface area contributed by atoms with Crippen LogP contribution in [0.3, 0.4) is 0 Å². The summed E-state index contributed by atoms with van der Waals surface area (Å²) in [5.74, 6) is -3.75. The number of nitrogens with one attached hydrogen (secondary N) is 3. The number of aliphatic imine (C=N–C) groups is 1. The zero-order chi connectivity index (χ0) is 27.0. The number of rotatable bonds is 4. The van der Waals surface area contributed by atoms with Crippen LogP contribution < -0.4 is 27.1 Å². The van der Waals surface area contributed by atoms with E-state index in [0.717, 1.165) is 21.2 Å². The van der Waals surface area contributed by atoms with Gasteiger partial charge in [-0.25, -0.2) is 10.3 Å². The highest BCUT2D eigenvalue weighted by atomic mass is 16.5. The summed E-state index contributed by atoms with van der Waals surface area (Å²) in [6.07, 6.45) is 0.219. The minimum atomic E-state index is -2.60. The lowest BCUT2D eigenvalue weighted by molar-refractivity contribution is -0.521. The topological polar surface area (TPSA) is 201 Å². The van der Waals surface area contributed by atoms with E-state index in [9.17, 15) is 24.6 Å². The summed E-state index contributed by atoms with van der Waals surface area (Å²) in [6.45, 7) is 1.75. The molecule has 2 saturated heterocycles. The van der Waals surface area contributed by atoms with E-state index in [2.05, 4.69) is 20.6 Å². The molecule has 4 aliphatic rings. The van der Waals surface area contributed by atoms with Gasteiger partial charge in [0.25, 0.3) is 11.6 Å². The summed E-state index contributed by atoms with van der Waals surface area (Å²) in [5, 5.41) is 30.6. The summed E-state index contributed by atoms with van der Waals surface area (Å²) in [5.41, 5.74) is 12.0. The molecule has 4 heterocycles. The van der Waals surface area contributed by atoms with E-state index in [0.29, 0.717) is 5.56 Å². The third-order valence-electron chi connectivity index (χ3n) is 8.10. The number of carbonyl (C=O) groups is 3. The molecule has 2 unspecified atom stereocenters. The van der Waals surface area contributed by atoms with Crippen LogP contribution in [0.1, 0.15) is 28.8 Å². The third kappa shape index (κ3) is 3.21. The van der Waals surface area contributed by atoms with Gasteiger partial charge in [-0.1, -0.05) is 30.3 Å². The minimum absolute atomic E-state index is 0.0398. The largest absolute Gasteiger partial charge is 0.370 e. The van der Waals surface area contributed by atoms with Gasteiger partial charge in [0, 0.05) is 18.4 Å². The molecule has 2 aromatic rings. The molecule has 0 radical (unpaired) electrons. The highest BCUT2D eigenvalue weighted by Crippen LogP contribution is 2.41. The number of imide groups is 1. The first-order valence-corrected chi connectivity index (χ1v) is 12.4. The van der Waals surface area contributed by atoms with E-state index in [1.165, 1.54) is 4.90 Å². The number of likely N-dealkylation sites (tertiary alicyclic amines) is 1. The predicted octanol–water partition coefficient (Wildman–Crippen LogP) is -3.85. The molecule has 4 aliphatic heterocycles. The molecule has 2 fully saturated rings. The minimum Gasteiger partial charge on any atom is -0.370 e.